The number of carbonyl (C=O) groups is 1. The molecular weight excluding hydrogens is 513 g/mol. The highest BCUT2D eigenvalue weighted by atomic mass is 19.1. The highest BCUT2D eigenvalue weighted by Gasteiger charge is 2.24. The van der Waals surface area contributed by atoms with Crippen LogP contribution in [0.4, 0.5) is 18.9 Å². The highest BCUT2D eigenvalue weighted by Crippen LogP contribution is 2.34. The summed E-state index contributed by atoms with van der Waals surface area (Å²) in [5, 5.41) is 6.32. The highest BCUT2D eigenvalue weighted by molar-refractivity contribution is 5.86. The average molecular weight is 541 g/mol. The van der Waals surface area contributed by atoms with Gasteiger partial charge in [0.1, 0.15) is 23.9 Å². The van der Waals surface area contributed by atoms with Gasteiger partial charge >= 0.3 is 0 Å². The Morgan fingerprint density at radius 2 is 1.77 bits per heavy atom. The SMILES string of the molecule is CNCCOc1ccc2c(Oc3c(F)cc(NC)cc3F)ccnc2c1.O=Cc1cnc(F)cc1OC1CC1. The molecule has 5 rings (SSSR count). The molecule has 0 saturated heterocycles. The van der Waals surface area contributed by atoms with Crippen molar-refractivity contribution in [1.29, 1.82) is 0 Å². The molecule has 2 aromatic carbocycles. The lowest BCUT2D eigenvalue weighted by atomic mass is 10.2. The Bertz CT molecular complexity index is 1430. The van der Waals surface area contributed by atoms with Crippen molar-refractivity contribution in [1.82, 2.24) is 15.3 Å². The van der Waals surface area contributed by atoms with E-state index < -0.39 is 23.3 Å². The van der Waals surface area contributed by atoms with Crippen molar-refractivity contribution in [3.8, 4) is 23.0 Å². The quantitative estimate of drug-likeness (QED) is 0.154. The van der Waals surface area contributed by atoms with Crippen LogP contribution in [-0.2, 0) is 0 Å². The van der Waals surface area contributed by atoms with Crippen LogP contribution >= 0.6 is 0 Å². The Balaban J connectivity index is 0.000000226. The second-order valence-corrected chi connectivity index (χ2v) is 8.54. The smallest absolute Gasteiger partial charge is 0.216 e. The van der Waals surface area contributed by atoms with E-state index >= 15 is 0 Å². The monoisotopic (exact) mass is 540 g/mol. The second-order valence-electron chi connectivity index (χ2n) is 8.54. The summed E-state index contributed by atoms with van der Waals surface area (Å²) in [5.74, 6) is -1.38. The minimum absolute atomic E-state index is 0.153. The van der Waals surface area contributed by atoms with E-state index in [1.54, 1.807) is 31.3 Å². The zero-order valence-corrected chi connectivity index (χ0v) is 21.3. The number of nitrogens with zero attached hydrogens (tertiary/aromatic N) is 2. The first-order valence-electron chi connectivity index (χ1n) is 12.2. The molecule has 8 nitrogen and oxygen atoms in total. The Kier molecular flexibility index (Phi) is 9.16. The molecule has 2 heterocycles. The van der Waals surface area contributed by atoms with E-state index in [1.165, 1.54) is 24.5 Å². The zero-order chi connectivity index (χ0) is 27.8. The number of hydrogen-bond donors (Lipinski definition) is 2. The molecule has 204 valence electrons. The molecule has 1 aliphatic rings. The number of ether oxygens (including phenoxy) is 3. The molecule has 0 spiro atoms. The molecule has 0 atom stereocenters. The minimum Gasteiger partial charge on any atom is -0.492 e. The molecule has 0 aliphatic heterocycles. The van der Waals surface area contributed by atoms with Crippen LogP contribution in [0.3, 0.4) is 0 Å². The van der Waals surface area contributed by atoms with E-state index in [0.717, 1.165) is 25.5 Å². The summed E-state index contributed by atoms with van der Waals surface area (Å²) in [5.41, 5.74) is 1.24. The van der Waals surface area contributed by atoms with Crippen LogP contribution in [0.1, 0.15) is 23.2 Å². The van der Waals surface area contributed by atoms with Gasteiger partial charge in [-0.3, -0.25) is 9.78 Å². The molecule has 4 aromatic rings. The zero-order valence-electron chi connectivity index (χ0n) is 21.3. The fourth-order valence-electron chi connectivity index (χ4n) is 3.44. The molecule has 1 saturated carbocycles. The molecule has 0 amide bonds. The van der Waals surface area contributed by atoms with Gasteiger partial charge in [0.25, 0.3) is 0 Å². The van der Waals surface area contributed by atoms with Gasteiger partial charge in [-0.1, -0.05) is 0 Å². The van der Waals surface area contributed by atoms with E-state index in [1.807, 2.05) is 7.05 Å². The van der Waals surface area contributed by atoms with Gasteiger partial charge in [-0.2, -0.15) is 4.39 Å². The number of rotatable bonds is 10. The number of aldehydes is 1. The van der Waals surface area contributed by atoms with Crippen LogP contribution in [-0.4, -0.2) is 49.6 Å². The van der Waals surface area contributed by atoms with Gasteiger partial charge in [0, 0.05) is 61.3 Å². The third kappa shape index (κ3) is 7.35. The summed E-state index contributed by atoms with van der Waals surface area (Å²) < 4.78 is 57.4. The van der Waals surface area contributed by atoms with E-state index in [9.17, 15) is 18.0 Å². The van der Waals surface area contributed by atoms with Gasteiger partial charge in [-0.05, 0) is 38.1 Å². The summed E-state index contributed by atoms with van der Waals surface area (Å²) in [6, 6.07) is 10.3. The van der Waals surface area contributed by atoms with Gasteiger partial charge in [0.05, 0.1) is 17.2 Å². The molecule has 0 unspecified atom stereocenters. The fourth-order valence-corrected chi connectivity index (χ4v) is 3.44. The summed E-state index contributed by atoms with van der Waals surface area (Å²) in [7, 11) is 3.43. The maximum atomic E-state index is 14.2. The largest absolute Gasteiger partial charge is 0.492 e. The number of likely N-dealkylation sites (N-methyl/N-ethyl adjacent to an activating group) is 1. The number of nitrogens with one attached hydrogen (secondary N) is 2. The lowest BCUT2D eigenvalue weighted by Crippen LogP contribution is -2.15. The van der Waals surface area contributed by atoms with E-state index in [0.29, 0.717) is 52.3 Å². The summed E-state index contributed by atoms with van der Waals surface area (Å²) in [6.07, 6.45) is 5.42. The number of halogens is 3. The number of pyridine rings is 2. The molecule has 1 fully saturated rings. The minimum atomic E-state index is -0.786. The first-order valence-corrected chi connectivity index (χ1v) is 12.2. The topological polar surface area (TPSA) is 94.6 Å². The Hall–Kier alpha value is -4.38. The first-order chi connectivity index (χ1) is 18.9. The predicted molar refractivity (Wildman–Crippen MR) is 140 cm³/mol. The van der Waals surface area contributed by atoms with E-state index in [2.05, 4.69) is 20.6 Å². The lowest BCUT2D eigenvalue weighted by Gasteiger charge is -2.12. The standard InChI is InChI=1S/C19H19F2N3O2.C9H8FNO2/c1-22-7-8-25-13-3-4-14-17(11-13)24-6-5-18(14)26-19-15(20)9-12(23-2)10-16(19)21;10-9-3-8(13-7-1-2-7)6(5-12)4-11-9/h3-6,9-11,22-23H,7-8H2,1-2H3;3-5,7H,1-2H2. The van der Waals surface area contributed by atoms with Crippen LogP contribution in [0.5, 0.6) is 23.0 Å². The van der Waals surface area contributed by atoms with Gasteiger partial charge < -0.3 is 24.8 Å². The van der Waals surface area contributed by atoms with E-state index in [4.69, 9.17) is 14.2 Å². The van der Waals surface area contributed by atoms with Crippen molar-refractivity contribution >= 4 is 22.9 Å². The maximum absolute atomic E-state index is 14.2. The fraction of sp³-hybridized carbons (Fsp3) is 0.250. The van der Waals surface area contributed by atoms with Crippen LogP contribution in [0.25, 0.3) is 10.9 Å². The van der Waals surface area contributed by atoms with Crippen molar-refractivity contribution in [3.05, 3.63) is 78.0 Å². The molecule has 11 heteroatoms. The van der Waals surface area contributed by atoms with Gasteiger partial charge in [-0.15, -0.1) is 0 Å². The second kappa shape index (κ2) is 12.9. The summed E-state index contributed by atoms with van der Waals surface area (Å²) in [6.45, 7) is 1.24. The van der Waals surface area contributed by atoms with Crippen LogP contribution in [0, 0.1) is 17.6 Å². The molecule has 39 heavy (non-hydrogen) atoms. The van der Waals surface area contributed by atoms with Gasteiger partial charge in [0.2, 0.25) is 5.95 Å². The maximum Gasteiger partial charge on any atom is 0.216 e. The van der Waals surface area contributed by atoms with Crippen LogP contribution in [0.15, 0.2) is 54.9 Å². The normalized spacial score (nSPS) is 12.3. The summed E-state index contributed by atoms with van der Waals surface area (Å²) in [4.78, 5) is 18.1. The summed E-state index contributed by atoms with van der Waals surface area (Å²) >= 11 is 0. The Morgan fingerprint density at radius 3 is 2.44 bits per heavy atom. The number of hydrogen-bond acceptors (Lipinski definition) is 8. The third-order valence-electron chi connectivity index (χ3n) is 5.60. The average Bonchev–Trinajstić information content (AvgIpc) is 3.75. The third-order valence-corrected chi connectivity index (χ3v) is 5.60. The van der Waals surface area contributed by atoms with Crippen molar-refractivity contribution in [2.24, 2.45) is 0 Å². The molecule has 1 aliphatic carbocycles. The molecule has 2 N–H and O–H groups in total. The molecule has 0 radical (unpaired) electrons. The van der Waals surface area contributed by atoms with Gasteiger partial charge in [0.15, 0.2) is 23.7 Å². The van der Waals surface area contributed by atoms with E-state index in [-0.39, 0.29) is 6.10 Å². The van der Waals surface area contributed by atoms with Crippen molar-refractivity contribution in [3.63, 3.8) is 0 Å². The van der Waals surface area contributed by atoms with Crippen LogP contribution in [0.2, 0.25) is 0 Å². The van der Waals surface area contributed by atoms with Crippen molar-refractivity contribution in [2.45, 2.75) is 18.9 Å². The number of aromatic nitrogens is 2. The Morgan fingerprint density at radius 1 is 1.00 bits per heavy atom. The Labute approximate surface area is 223 Å². The van der Waals surface area contributed by atoms with Crippen molar-refractivity contribution < 1.29 is 32.2 Å². The van der Waals surface area contributed by atoms with Gasteiger partial charge in [-0.25, -0.2) is 13.8 Å². The predicted octanol–water partition coefficient (Wildman–Crippen LogP) is 5.52. The first kappa shape index (κ1) is 27.6. The molecular formula is C28H27F3N4O4. The number of carbonyl (C=O) groups excluding carboxylic acids is 1. The number of benzene rings is 2. The number of fused-ring (bicyclic) bond motifs is 1. The van der Waals surface area contributed by atoms with Crippen LogP contribution < -0.4 is 24.8 Å². The number of anilines is 1. The van der Waals surface area contributed by atoms with Crippen molar-refractivity contribution in [2.75, 3.05) is 32.6 Å². The molecule has 2 aromatic heterocycles. The molecule has 0 bridgehead atoms. The lowest BCUT2D eigenvalue weighted by molar-refractivity contribution is 0.111.